The summed E-state index contributed by atoms with van der Waals surface area (Å²) in [5.41, 5.74) is 0. The Hall–Kier alpha value is -0.260. The fourth-order valence-electron chi connectivity index (χ4n) is 2.03. The van der Waals surface area contributed by atoms with E-state index in [0.29, 0.717) is 6.04 Å². The minimum Gasteiger partial charge on any atom is -0.380 e. The van der Waals surface area contributed by atoms with Crippen molar-refractivity contribution in [3.8, 4) is 0 Å². The monoisotopic (exact) mass is 230 g/mol. The van der Waals surface area contributed by atoms with Crippen LogP contribution in [0.2, 0.25) is 0 Å². The second-order valence-electron chi connectivity index (χ2n) is 4.12. The molecule has 2 N–H and O–H groups in total. The van der Waals surface area contributed by atoms with Gasteiger partial charge >= 0.3 is 0 Å². The van der Waals surface area contributed by atoms with E-state index < -0.39 is 0 Å². The lowest BCUT2D eigenvalue weighted by Gasteiger charge is -2.15. The Morgan fingerprint density at radius 3 is 3.07 bits per heavy atom. The third kappa shape index (κ3) is 2.86. The van der Waals surface area contributed by atoms with Crippen molar-refractivity contribution in [2.24, 2.45) is 0 Å². The highest BCUT2D eigenvalue weighted by Crippen LogP contribution is 2.18. The van der Waals surface area contributed by atoms with Gasteiger partial charge in [0.2, 0.25) is 5.91 Å². The van der Waals surface area contributed by atoms with E-state index in [1.165, 1.54) is 5.75 Å². The minimum absolute atomic E-state index is 0.0550. The molecule has 2 aliphatic heterocycles. The molecule has 2 heterocycles. The summed E-state index contributed by atoms with van der Waals surface area (Å²) in [5, 5.41) is 6.28. The SMILES string of the molecule is COC1CNC(C(=O)NC2CCSC2)C1. The van der Waals surface area contributed by atoms with Gasteiger partial charge < -0.3 is 15.4 Å². The third-order valence-electron chi connectivity index (χ3n) is 3.02. The van der Waals surface area contributed by atoms with Crippen LogP contribution in [-0.2, 0) is 9.53 Å². The van der Waals surface area contributed by atoms with E-state index in [4.69, 9.17) is 4.74 Å². The van der Waals surface area contributed by atoms with Crippen LogP contribution < -0.4 is 10.6 Å². The van der Waals surface area contributed by atoms with Gasteiger partial charge in [0.25, 0.3) is 0 Å². The maximum absolute atomic E-state index is 11.8. The second-order valence-corrected chi connectivity index (χ2v) is 5.27. The van der Waals surface area contributed by atoms with Gasteiger partial charge in [-0.1, -0.05) is 0 Å². The van der Waals surface area contributed by atoms with Crippen molar-refractivity contribution in [2.45, 2.75) is 31.0 Å². The van der Waals surface area contributed by atoms with Crippen molar-refractivity contribution in [3.05, 3.63) is 0 Å². The van der Waals surface area contributed by atoms with Crippen molar-refractivity contribution < 1.29 is 9.53 Å². The Kier molecular flexibility index (Phi) is 3.88. The number of methoxy groups -OCH3 is 1. The summed E-state index contributed by atoms with van der Waals surface area (Å²) >= 11 is 1.91. The Morgan fingerprint density at radius 1 is 1.60 bits per heavy atom. The molecule has 2 fully saturated rings. The molecule has 1 amide bonds. The first kappa shape index (κ1) is 11.2. The smallest absolute Gasteiger partial charge is 0.237 e. The number of carbonyl (C=O) groups is 1. The number of nitrogens with one attached hydrogen (secondary N) is 2. The molecule has 0 aromatic heterocycles. The van der Waals surface area contributed by atoms with Gasteiger partial charge in [0.15, 0.2) is 0 Å². The number of amides is 1. The molecule has 2 rings (SSSR count). The van der Waals surface area contributed by atoms with Crippen molar-refractivity contribution >= 4 is 17.7 Å². The van der Waals surface area contributed by atoms with Crippen LogP contribution in [0, 0.1) is 0 Å². The van der Waals surface area contributed by atoms with Crippen molar-refractivity contribution in [3.63, 3.8) is 0 Å². The summed E-state index contributed by atoms with van der Waals surface area (Å²) in [7, 11) is 1.69. The molecule has 0 aliphatic carbocycles. The Morgan fingerprint density at radius 2 is 2.47 bits per heavy atom. The molecular weight excluding hydrogens is 212 g/mol. The van der Waals surface area contributed by atoms with Crippen LogP contribution in [0.5, 0.6) is 0 Å². The predicted octanol–water partition coefficient (Wildman–Crippen LogP) is -0.0150. The zero-order valence-corrected chi connectivity index (χ0v) is 9.81. The van der Waals surface area contributed by atoms with Crippen LogP contribution in [0.15, 0.2) is 0 Å². The summed E-state index contributed by atoms with van der Waals surface area (Å²) in [5.74, 6) is 2.37. The van der Waals surface area contributed by atoms with Gasteiger partial charge in [-0.3, -0.25) is 4.79 Å². The van der Waals surface area contributed by atoms with E-state index in [1.807, 2.05) is 11.8 Å². The molecular formula is C10H18N2O2S. The Bertz CT molecular complexity index is 231. The highest BCUT2D eigenvalue weighted by Gasteiger charge is 2.30. The minimum atomic E-state index is -0.0550. The zero-order valence-electron chi connectivity index (χ0n) is 8.99. The number of ether oxygens (including phenoxy) is 1. The van der Waals surface area contributed by atoms with Crippen LogP contribution in [-0.4, -0.2) is 49.3 Å². The number of carbonyl (C=O) groups excluding carboxylic acids is 1. The average Bonchev–Trinajstić information content (AvgIpc) is 2.86. The zero-order chi connectivity index (χ0) is 10.7. The molecule has 15 heavy (non-hydrogen) atoms. The van der Waals surface area contributed by atoms with Gasteiger partial charge in [-0.25, -0.2) is 0 Å². The van der Waals surface area contributed by atoms with Crippen molar-refractivity contribution in [2.75, 3.05) is 25.2 Å². The number of rotatable bonds is 3. The molecule has 3 unspecified atom stereocenters. The summed E-state index contributed by atoms with van der Waals surface area (Å²) in [6.07, 6.45) is 2.10. The lowest BCUT2D eigenvalue weighted by molar-refractivity contribution is -0.123. The molecule has 0 spiro atoms. The van der Waals surface area contributed by atoms with Crippen LogP contribution in [0.4, 0.5) is 0 Å². The molecule has 0 saturated carbocycles. The second kappa shape index (κ2) is 5.18. The molecule has 0 radical (unpaired) electrons. The normalized spacial score (nSPS) is 35.7. The van der Waals surface area contributed by atoms with Gasteiger partial charge in [-0.2, -0.15) is 11.8 Å². The molecule has 0 bridgehead atoms. The van der Waals surface area contributed by atoms with E-state index in [0.717, 1.165) is 25.1 Å². The number of hydrogen-bond acceptors (Lipinski definition) is 4. The van der Waals surface area contributed by atoms with Crippen LogP contribution in [0.1, 0.15) is 12.8 Å². The molecule has 0 aromatic rings. The summed E-state index contributed by atoms with van der Waals surface area (Å²) < 4.78 is 5.21. The fourth-order valence-corrected chi connectivity index (χ4v) is 3.19. The van der Waals surface area contributed by atoms with Gasteiger partial charge in [-0.15, -0.1) is 0 Å². The highest BCUT2D eigenvalue weighted by molar-refractivity contribution is 7.99. The summed E-state index contributed by atoms with van der Waals surface area (Å²) in [6, 6.07) is 0.325. The van der Waals surface area contributed by atoms with Gasteiger partial charge in [0, 0.05) is 25.4 Å². The Balaban J connectivity index is 1.76. The molecule has 4 nitrogen and oxygen atoms in total. The molecule has 5 heteroatoms. The molecule has 2 saturated heterocycles. The van der Waals surface area contributed by atoms with Crippen LogP contribution in [0.3, 0.4) is 0 Å². The van der Waals surface area contributed by atoms with Crippen LogP contribution in [0.25, 0.3) is 0 Å². The van der Waals surface area contributed by atoms with Crippen molar-refractivity contribution in [1.29, 1.82) is 0 Å². The Labute approximate surface area is 94.5 Å². The number of thioether (sulfide) groups is 1. The van der Waals surface area contributed by atoms with Gasteiger partial charge in [0.05, 0.1) is 12.1 Å². The summed E-state index contributed by atoms with van der Waals surface area (Å²) in [4.78, 5) is 11.8. The first-order valence-electron chi connectivity index (χ1n) is 5.44. The van der Waals surface area contributed by atoms with E-state index in [2.05, 4.69) is 10.6 Å². The summed E-state index contributed by atoms with van der Waals surface area (Å²) in [6.45, 7) is 0.786. The quantitative estimate of drug-likeness (QED) is 0.716. The average molecular weight is 230 g/mol. The first-order chi connectivity index (χ1) is 7.29. The maximum Gasteiger partial charge on any atom is 0.237 e. The van der Waals surface area contributed by atoms with E-state index in [-0.39, 0.29) is 18.1 Å². The van der Waals surface area contributed by atoms with Gasteiger partial charge in [0.1, 0.15) is 0 Å². The van der Waals surface area contributed by atoms with E-state index in [9.17, 15) is 4.79 Å². The highest BCUT2D eigenvalue weighted by atomic mass is 32.2. The van der Waals surface area contributed by atoms with E-state index >= 15 is 0 Å². The molecule has 86 valence electrons. The largest absolute Gasteiger partial charge is 0.380 e. The standard InChI is InChI=1S/C10H18N2O2S/c1-14-8-4-9(11-5-8)10(13)12-7-2-3-15-6-7/h7-9,11H,2-6H2,1H3,(H,12,13). The lowest BCUT2D eigenvalue weighted by atomic mass is 10.1. The first-order valence-corrected chi connectivity index (χ1v) is 6.59. The van der Waals surface area contributed by atoms with Gasteiger partial charge in [-0.05, 0) is 18.6 Å². The van der Waals surface area contributed by atoms with Crippen LogP contribution >= 0.6 is 11.8 Å². The molecule has 2 aliphatic rings. The lowest BCUT2D eigenvalue weighted by Crippen LogP contribution is -2.45. The molecule has 0 aromatic carbocycles. The van der Waals surface area contributed by atoms with E-state index in [1.54, 1.807) is 7.11 Å². The third-order valence-corrected chi connectivity index (χ3v) is 4.18. The fraction of sp³-hybridized carbons (Fsp3) is 0.900. The topological polar surface area (TPSA) is 50.4 Å². The number of hydrogen-bond donors (Lipinski definition) is 2. The maximum atomic E-state index is 11.8. The van der Waals surface area contributed by atoms with Crippen molar-refractivity contribution in [1.82, 2.24) is 10.6 Å². The predicted molar refractivity (Wildman–Crippen MR) is 61.1 cm³/mol. The molecule has 3 atom stereocenters.